The molecule has 1 N–H and O–H groups in total. The zero-order valence-corrected chi connectivity index (χ0v) is 11.1. The number of nitrogens with zero attached hydrogens (tertiary/aromatic N) is 1. The van der Waals surface area contributed by atoms with Crippen LogP contribution in [-0.2, 0) is 4.79 Å². The maximum atomic E-state index is 13.0. The van der Waals surface area contributed by atoms with Crippen molar-refractivity contribution in [3.63, 3.8) is 0 Å². The highest BCUT2D eigenvalue weighted by Gasteiger charge is 2.38. The average Bonchev–Trinajstić information content (AvgIpc) is 3.16. The third-order valence-electron chi connectivity index (χ3n) is 3.32. The second kappa shape index (κ2) is 5.00. The SMILES string of the molecule is CC(C)(C#N)NC(=O)C(c1ccc(F)cc1)C1CC1. The molecule has 0 aliphatic heterocycles. The largest absolute Gasteiger partial charge is 0.338 e. The zero-order valence-electron chi connectivity index (χ0n) is 11.1. The highest BCUT2D eigenvalue weighted by atomic mass is 19.1. The van der Waals surface area contributed by atoms with E-state index in [1.54, 1.807) is 26.0 Å². The average molecular weight is 260 g/mol. The van der Waals surface area contributed by atoms with Crippen molar-refractivity contribution in [3.8, 4) is 6.07 Å². The van der Waals surface area contributed by atoms with Gasteiger partial charge in [-0.15, -0.1) is 0 Å². The molecule has 0 heterocycles. The number of rotatable bonds is 4. The van der Waals surface area contributed by atoms with Crippen LogP contribution in [0, 0.1) is 23.1 Å². The molecule has 4 heteroatoms. The highest BCUT2D eigenvalue weighted by Crippen LogP contribution is 2.43. The molecule has 0 aromatic heterocycles. The van der Waals surface area contributed by atoms with Gasteiger partial charge in [0.25, 0.3) is 0 Å². The number of nitriles is 1. The van der Waals surface area contributed by atoms with E-state index < -0.39 is 5.54 Å². The molecule has 0 radical (unpaired) electrons. The normalized spacial score (nSPS) is 16.5. The molecular weight excluding hydrogens is 243 g/mol. The molecule has 0 bridgehead atoms. The van der Waals surface area contributed by atoms with Crippen molar-refractivity contribution in [2.24, 2.45) is 5.92 Å². The van der Waals surface area contributed by atoms with Crippen molar-refractivity contribution >= 4 is 5.91 Å². The molecule has 19 heavy (non-hydrogen) atoms. The quantitative estimate of drug-likeness (QED) is 0.905. The van der Waals surface area contributed by atoms with Gasteiger partial charge in [0.2, 0.25) is 5.91 Å². The van der Waals surface area contributed by atoms with E-state index in [1.807, 2.05) is 0 Å². The second-order valence-electron chi connectivity index (χ2n) is 5.59. The minimum Gasteiger partial charge on any atom is -0.338 e. The molecule has 1 aromatic rings. The first kappa shape index (κ1) is 13.5. The van der Waals surface area contributed by atoms with E-state index in [0.29, 0.717) is 5.92 Å². The Morgan fingerprint density at radius 3 is 2.47 bits per heavy atom. The van der Waals surface area contributed by atoms with Gasteiger partial charge in [0, 0.05) is 0 Å². The first-order chi connectivity index (χ1) is 8.93. The van der Waals surface area contributed by atoms with E-state index in [1.165, 1.54) is 12.1 Å². The molecular formula is C15H17FN2O. The first-order valence-corrected chi connectivity index (χ1v) is 6.42. The van der Waals surface area contributed by atoms with Gasteiger partial charge in [0.15, 0.2) is 0 Å². The maximum absolute atomic E-state index is 13.0. The lowest BCUT2D eigenvalue weighted by Gasteiger charge is -2.23. The standard InChI is InChI=1S/C15H17FN2O/c1-15(2,9-17)18-14(19)13(10-3-4-10)11-5-7-12(16)8-6-11/h5-8,10,13H,3-4H2,1-2H3,(H,18,19). The third kappa shape index (κ3) is 3.31. The van der Waals surface area contributed by atoms with Crippen LogP contribution in [0.3, 0.4) is 0 Å². The summed E-state index contributed by atoms with van der Waals surface area (Å²) in [6, 6.07) is 8.09. The van der Waals surface area contributed by atoms with Gasteiger partial charge in [0.1, 0.15) is 11.4 Å². The number of nitrogens with one attached hydrogen (secondary N) is 1. The molecule has 1 atom stereocenters. The Hall–Kier alpha value is -1.89. The summed E-state index contributed by atoms with van der Waals surface area (Å²) in [4.78, 5) is 12.3. The molecule has 3 nitrogen and oxygen atoms in total. The van der Waals surface area contributed by atoms with Crippen LogP contribution in [0.15, 0.2) is 24.3 Å². The van der Waals surface area contributed by atoms with Crippen molar-refractivity contribution in [2.75, 3.05) is 0 Å². The van der Waals surface area contributed by atoms with E-state index in [0.717, 1.165) is 18.4 Å². The van der Waals surface area contributed by atoms with Gasteiger partial charge in [-0.2, -0.15) is 5.26 Å². The monoisotopic (exact) mass is 260 g/mol. The minimum absolute atomic E-state index is 0.152. The molecule has 1 saturated carbocycles. The van der Waals surface area contributed by atoms with Crippen molar-refractivity contribution in [3.05, 3.63) is 35.6 Å². The fraction of sp³-hybridized carbons (Fsp3) is 0.467. The van der Waals surface area contributed by atoms with Crippen LogP contribution in [0.1, 0.15) is 38.2 Å². The minimum atomic E-state index is -0.885. The number of hydrogen-bond acceptors (Lipinski definition) is 2. The van der Waals surface area contributed by atoms with Crippen LogP contribution in [-0.4, -0.2) is 11.4 Å². The first-order valence-electron chi connectivity index (χ1n) is 6.42. The van der Waals surface area contributed by atoms with Crippen LogP contribution < -0.4 is 5.32 Å². The Morgan fingerprint density at radius 1 is 1.42 bits per heavy atom. The Labute approximate surface area is 112 Å². The lowest BCUT2D eigenvalue weighted by molar-refractivity contribution is -0.124. The van der Waals surface area contributed by atoms with Gasteiger partial charge in [-0.3, -0.25) is 4.79 Å². The van der Waals surface area contributed by atoms with Crippen LogP contribution in [0.4, 0.5) is 4.39 Å². The number of carbonyl (C=O) groups excluding carboxylic acids is 1. The van der Waals surface area contributed by atoms with E-state index >= 15 is 0 Å². The van der Waals surface area contributed by atoms with E-state index in [2.05, 4.69) is 11.4 Å². The maximum Gasteiger partial charge on any atom is 0.229 e. The smallest absolute Gasteiger partial charge is 0.229 e. The molecule has 1 unspecified atom stereocenters. The molecule has 1 fully saturated rings. The highest BCUT2D eigenvalue weighted by molar-refractivity contribution is 5.85. The summed E-state index contributed by atoms with van der Waals surface area (Å²) in [5.74, 6) is -0.440. The number of halogens is 1. The summed E-state index contributed by atoms with van der Waals surface area (Å²) in [6.45, 7) is 3.33. The van der Waals surface area contributed by atoms with Gasteiger partial charge in [-0.1, -0.05) is 12.1 Å². The summed E-state index contributed by atoms with van der Waals surface area (Å²) < 4.78 is 13.0. The Morgan fingerprint density at radius 2 is 2.00 bits per heavy atom. The van der Waals surface area contributed by atoms with Gasteiger partial charge < -0.3 is 5.32 Å². The topological polar surface area (TPSA) is 52.9 Å². The van der Waals surface area contributed by atoms with Gasteiger partial charge >= 0.3 is 0 Å². The van der Waals surface area contributed by atoms with Gasteiger partial charge in [-0.05, 0) is 50.3 Å². The Balaban J connectivity index is 2.19. The molecule has 1 aliphatic rings. The van der Waals surface area contributed by atoms with Crippen molar-refractivity contribution in [1.29, 1.82) is 5.26 Å². The summed E-state index contributed by atoms with van der Waals surface area (Å²) >= 11 is 0. The van der Waals surface area contributed by atoms with E-state index in [-0.39, 0.29) is 17.6 Å². The lowest BCUT2D eigenvalue weighted by Crippen LogP contribution is -2.44. The van der Waals surface area contributed by atoms with Crippen LogP contribution in [0.5, 0.6) is 0 Å². The molecule has 2 rings (SSSR count). The summed E-state index contributed by atoms with van der Waals surface area (Å²) in [5, 5.41) is 11.7. The predicted molar refractivity (Wildman–Crippen MR) is 69.7 cm³/mol. The molecule has 1 aromatic carbocycles. The summed E-state index contributed by atoms with van der Waals surface area (Å²) in [7, 11) is 0. The van der Waals surface area contributed by atoms with Crippen molar-refractivity contribution < 1.29 is 9.18 Å². The Kier molecular flexibility index (Phi) is 3.57. The summed E-state index contributed by atoms with van der Waals surface area (Å²) in [5.41, 5.74) is -0.0697. The lowest BCUT2D eigenvalue weighted by atomic mass is 9.92. The second-order valence-corrected chi connectivity index (χ2v) is 5.59. The Bertz CT molecular complexity index is 512. The van der Waals surface area contributed by atoms with Crippen LogP contribution in [0.25, 0.3) is 0 Å². The molecule has 0 saturated heterocycles. The van der Waals surface area contributed by atoms with Crippen molar-refractivity contribution in [2.45, 2.75) is 38.1 Å². The fourth-order valence-corrected chi connectivity index (χ4v) is 2.15. The molecule has 100 valence electrons. The van der Waals surface area contributed by atoms with Crippen LogP contribution >= 0.6 is 0 Å². The van der Waals surface area contributed by atoms with Gasteiger partial charge in [-0.25, -0.2) is 4.39 Å². The number of hydrogen-bond donors (Lipinski definition) is 1. The predicted octanol–water partition coefficient (Wildman–Crippen LogP) is 2.74. The zero-order chi connectivity index (χ0) is 14.0. The summed E-state index contributed by atoms with van der Waals surface area (Å²) in [6.07, 6.45) is 2.00. The van der Waals surface area contributed by atoms with E-state index in [4.69, 9.17) is 5.26 Å². The molecule has 0 spiro atoms. The molecule has 1 amide bonds. The number of carbonyl (C=O) groups is 1. The van der Waals surface area contributed by atoms with Crippen LogP contribution in [0.2, 0.25) is 0 Å². The van der Waals surface area contributed by atoms with Crippen molar-refractivity contribution in [1.82, 2.24) is 5.32 Å². The van der Waals surface area contributed by atoms with Gasteiger partial charge in [0.05, 0.1) is 12.0 Å². The third-order valence-corrected chi connectivity index (χ3v) is 3.32. The number of benzene rings is 1. The fourth-order valence-electron chi connectivity index (χ4n) is 2.15. The van der Waals surface area contributed by atoms with E-state index in [9.17, 15) is 9.18 Å². The number of amides is 1. The molecule has 1 aliphatic carbocycles.